The van der Waals surface area contributed by atoms with E-state index in [-0.39, 0.29) is 18.0 Å². The minimum Gasteiger partial charge on any atom is -0.352 e. The Morgan fingerprint density at radius 2 is 1.86 bits per heavy atom. The molecular weight excluding hydrogens is 522 g/mol. The Hall–Kier alpha value is -3.49. The van der Waals surface area contributed by atoms with E-state index in [1.54, 1.807) is 6.20 Å². The molecule has 2 aromatic carbocycles. The number of nitrogens with one attached hydrogen (secondary N) is 2. The van der Waals surface area contributed by atoms with Crippen LogP contribution in [0.15, 0.2) is 102 Å². The molecule has 3 heterocycles. The summed E-state index contributed by atoms with van der Waals surface area (Å²) in [5.74, 6) is -0.0543. The number of carbonyl (C=O) groups excluding carboxylic acids is 1. The van der Waals surface area contributed by atoms with E-state index in [0.717, 1.165) is 27.2 Å². The Morgan fingerprint density at radius 3 is 2.63 bits per heavy atom. The maximum atomic E-state index is 12.7. The van der Waals surface area contributed by atoms with Gasteiger partial charge < -0.3 is 20.1 Å². The van der Waals surface area contributed by atoms with Crippen molar-refractivity contribution in [2.24, 2.45) is 0 Å². The second-order valence-electron chi connectivity index (χ2n) is 8.27. The Labute approximate surface area is 218 Å². The first-order valence-corrected chi connectivity index (χ1v) is 12.6. The van der Waals surface area contributed by atoms with Gasteiger partial charge in [0.25, 0.3) is 0 Å². The maximum Gasteiger partial charge on any atom is 0.226 e. The quantitative estimate of drug-likeness (QED) is 0.294. The molecule has 0 radical (unpaired) electrons. The highest BCUT2D eigenvalue weighted by Gasteiger charge is 2.41. The van der Waals surface area contributed by atoms with E-state index in [0.29, 0.717) is 18.1 Å². The number of hydrogen-bond acceptors (Lipinski definition) is 3. The van der Waals surface area contributed by atoms with Gasteiger partial charge in [0.1, 0.15) is 0 Å². The number of nitrogens with zero attached hydrogens (tertiary/aromatic N) is 3. The summed E-state index contributed by atoms with van der Waals surface area (Å²) in [4.78, 5) is 19.4. The minimum atomic E-state index is -0.151. The van der Waals surface area contributed by atoms with Crippen LogP contribution in [-0.2, 0) is 4.79 Å². The molecule has 2 atom stereocenters. The number of amides is 1. The molecule has 1 saturated heterocycles. The van der Waals surface area contributed by atoms with E-state index < -0.39 is 0 Å². The number of anilines is 1. The zero-order valence-corrected chi connectivity index (χ0v) is 21.2. The lowest BCUT2D eigenvalue weighted by atomic mass is 10.0. The van der Waals surface area contributed by atoms with Crippen molar-refractivity contribution in [1.29, 1.82) is 0 Å². The fourth-order valence-corrected chi connectivity index (χ4v) is 5.15. The number of rotatable bonds is 7. The van der Waals surface area contributed by atoms with Crippen molar-refractivity contribution in [2.45, 2.75) is 18.5 Å². The van der Waals surface area contributed by atoms with Crippen molar-refractivity contribution in [1.82, 2.24) is 19.8 Å². The van der Waals surface area contributed by atoms with Gasteiger partial charge in [-0.25, -0.2) is 0 Å². The Morgan fingerprint density at radius 1 is 1.03 bits per heavy atom. The Bertz CT molecular complexity index is 1330. The fourth-order valence-electron chi connectivity index (χ4n) is 4.43. The first-order chi connectivity index (χ1) is 17.1. The fraction of sp³-hybridized carbons (Fsp3) is 0.148. The van der Waals surface area contributed by atoms with Gasteiger partial charge in [0.05, 0.1) is 17.8 Å². The molecule has 0 saturated carbocycles. The molecule has 2 N–H and O–H groups in total. The monoisotopic (exact) mass is 545 g/mol. The lowest BCUT2D eigenvalue weighted by Gasteiger charge is -2.29. The van der Waals surface area contributed by atoms with E-state index in [2.05, 4.69) is 59.2 Å². The van der Waals surface area contributed by atoms with Gasteiger partial charge in [0.2, 0.25) is 5.91 Å². The normalized spacial score (nSPS) is 17.3. The summed E-state index contributed by atoms with van der Waals surface area (Å²) in [6.07, 6.45) is 4.15. The predicted octanol–water partition coefficient (Wildman–Crippen LogP) is 5.64. The van der Waals surface area contributed by atoms with Crippen LogP contribution in [0, 0.1) is 0 Å². The highest BCUT2D eigenvalue weighted by molar-refractivity contribution is 9.10. The first kappa shape index (κ1) is 23.3. The van der Waals surface area contributed by atoms with E-state index in [1.807, 2.05) is 72.9 Å². The molecule has 0 spiro atoms. The van der Waals surface area contributed by atoms with E-state index in [9.17, 15) is 4.79 Å². The number of para-hydroxylation sites is 1. The second-order valence-corrected chi connectivity index (χ2v) is 9.57. The van der Waals surface area contributed by atoms with Crippen LogP contribution in [0.4, 0.5) is 5.69 Å². The van der Waals surface area contributed by atoms with Gasteiger partial charge >= 0.3 is 0 Å². The zero-order chi connectivity index (χ0) is 24.2. The molecule has 6 nitrogen and oxygen atoms in total. The first-order valence-electron chi connectivity index (χ1n) is 11.4. The number of carbonyl (C=O) groups is 1. The van der Waals surface area contributed by atoms with E-state index in [4.69, 9.17) is 12.2 Å². The molecule has 2 aromatic heterocycles. The zero-order valence-electron chi connectivity index (χ0n) is 18.8. The summed E-state index contributed by atoms with van der Waals surface area (Å²) in [6, 6.07) is 27.4. The molecule has 4 aromatic rings. The molecule has 0 bridgehead atoms. The standard InChI is InChI=1S/C27H24BrN5OS/c28-19-8-6-11-21(18-19)32-16-7-13-23(32)26-25(22-12-4-5-15-29-22)31-27(35)33(26)17-14-24(34)30-20-9-2-1-3-10-20/h1-13,15-16,18,25-26H,14,17H2,(H,30,34)(H,31,35)/t25-,26-/m1/s1. The van der Waals surface area contributed by atoms with Gasteiger partial charge in [0, 0.05) is 46.9 Å². The lowest BCUT2D eigenvalue weighted by molar-refractivity contribution is -0.116. The van der Waals surface area contributed by atoms with Gasteiger partial charge in [-0.05, 0) is 66.8 Å². The summed E-state index contributed by atoms with van der Waals surface area (Å²) in [6.45, 7) is 0.474. The third kappa shape index (κ3) is 5.13. The molecule has 5 rings (SSSR count). The van der Waals surface area contributed by atoms with Crippen LogP contribution in [0.3, 0.4) is 0 Å². The van der Waals surface area contributed by atoms with Crippen LogP contribution in [-0.4, -0.2) is 32.0 Å². The van der Waals surface area contributed by atoms with Gasteiger partial charge in [0.15, 0.2) is 5.11 Å². The van der Waals surface area contributed by atoms with Crippen molar-refractivity contribution in [2.75, 3.05) is 11.9 Å². The van der Waals surface area contributed by atoms with E-state index in [1.165, 1.54) is 0 Å². The second kappa shape index (κ2) is 10.4. The summed E-state index contributed by atoms with van der Waals surface area (Å²) in [5.41, 5.74) is 3.79. The summed E-state index contributed by atoms with van der Waals surface area (Å²) in [7, 11) is 0. The van der Waals surface area contributed by atoms with Gasteiger partial charge in [-0.1, -0.05) is 46.3 Å². The highest BCUT2D eigenvalue weighted by Crippen LogP contribution is 2.39. The van der Waals surface area contributed by atoms with Crippen LogP contribution in [0.2, 0.25) is 0 Å². The Balaban J connectivity index is 1.45. The number of benzene rings is 2. The molecule has 0 unspecified atom stereocenters. The van der Waals surface area contributed by atoms with Crippen LogP contribution >= 0.6 is 28.1 Å². The van der Waals surface area contributed by atoms with Gasteiger partial charge in [-0.3, -0.25) is 9.78 Å². The van der Waals surface area contributed by atoms with Crippen LogP contribution < -0.4 is 10.6 Å². The number of pyridine rings is 1. The average molecular weight is 546 g/mol. The van der Waals surface area contributed by atoms with Crippen molar-refractivity contribution in [3.05, 3.63) is 113 Å². The summed E-state index contributed by atoms with van der Waals surface area (Å²) in [5, 5.41) is 7.04. The molecular formula is C27H24BrN5OS. The van der Waals surface area contributed by atoms with Gasteiger partial charge in [-0.15, -0.1) is 0 Å². The number of thiocarbonyl (C=S) groups is 1. The number of aromatic nitrogens is 2. The third-order valence-electron chi connectivity index (χ3n) is 6.00. The van der Waals surface area contributed by atoms with Crippen molar-refractivity contribution in [3.63, 3.8) is 0 Å². The van der Waals surface area contributed by atoms with Crippen LogP contribution in [0.5, 0.6) is 0 Å². The SMILES string of the molecule is O=C(CCN1C(=S)N[C@H](c2ccccn2)[C@H]1c1cccn1-c1cccc(Br)c1)Nc1ccccc1. The summed E-state index contributed by atoms with van der Waals surface area (Å²) < 4.78 is 3.17. The largest absolute Gasteiger partial charge is 0.352 e. The molecule has 1 amide bonds. The number of hydrogen-bond donors (Lipinski definition) is 2. The molecule has 176 valence electrons. The maximum absolute atomic E-state index is 12.7. The van der Waals surface area contributed by atoms with E-state index >= 15 is 0 Å². The molecule has 8 heteroatoms. The van der Waals surface area contributed by atoms with Gasteiger partial charge in [-0.2, -0.15) is 0 Å². The summed E-state index contributed by atoms with van der Waals surface area (Å²) >= 11 is 9.35. The molecule has 1 aliphatic heterocycles. The Kier molecular flexibility index (Phi) is 6.92. The van der Waals surface area contributed by atoms with Crippen molar-refractivity contribution >= 4 is 44.9 Å². The van der Waals surface area contributed by atoms with Crippen molar-refractivity contribution in [3.8, 4) is 5.69 Å². The molecule has 1 fully saturated rings. The lowest BCUT2D eigenvalue weighted by Crippen LogP contribution is -2.33. The predicted molar refractivity (Wildman–Crippen MR) is 145 cm³/mol. The third-order valence-corrected chi connectivity index (χ3v) is 6.85. The smallest absolute Gasteiger partial charge is 0.226 e. The minimum absolute atomic E-state index is 0.0543. The van der Waals surface area contributed by atoms with Crippen LogP contribution in [0.25, 0.3) is 5.69 Å². The molecule has 35 heavy (non-hydrogen) atoms. The highest BCUT2D eigenvalue weighted by atomic mass is 79.9. The topological polar surface area (TPSA) is 62.2 Å². The number of halogens is 1. The molecule has 0 aliphatic carbocycles. The molecule has 1 aliphatic rings. The van der Waals surface area contributed by atoms with Crippen LogP contribution in [0.1, 0.15) is 29.9 Å². The average Bonchev–Trinajstić information content (AvgIpc) is 3.48. The van der Waals surface area contributed by atoms with Crippen molar-refractivity contribution < 1.29 is 4.79 Å².